The Morgan fingerprint density at radius 1 is 0.737 bits per heavy atom. The van der Waals surface area contributed by atoms with Crippen LogP contribution in [-0.2, 0) is 0 Å². The standard InChI is InChI=1S/C17H12S2/c1-11-8-14-5-7-19-17(14)10-15(11)13-3-2-12-4-6-18-16(12)9-13/h2-10H,1H3. The maximum atomic E-state index is 2.32. The van der Waals surface area contributed by atoms with Crippen LogP contribution in [0.5, 0.6) is 0 Å². The van der Waals surface area contributed by atoms with Gasteiger partial charge >= 0.3 is 0 Å². The second-order valence-corrected chi connectivity index (χ2v) is 6.69. The molecule has 0 unspecified atom stereocenters. The van der Waals surface area contributed by atoms with Crippen LogP contribution in [0.1, 0.15) is 5.56 Å². The molecular weight excluding hydrogens is 268 g/mol. The molecule has 0 bridgehead atoms. The minimum atomic E-state index is 1.32. The van der Waals surface area contributed by atoms with Crippen LogP contribution in [0.3, 0.4) is 0 Å². The van der Waals surface area contributed by atoms with E-state index in [0.717, 1.165) is 0 Å². The number of fused-ring (bicyclic) bond motifs is 2. The number of aryl methyl sites for hydroxylation is 1. The van der Waals surface area contributed by atoms with Gasteiger partial charge in [-0.3, -0.25) is 0 Å². The van der Waals surface area contributed by atoms with Crippen molar-refractivity contribution in [3.63, 3.8) is 0 Å². The molecule has 2 aromatic carbocycles. The fraction of sp³-hybridized carbons (Fsp3) is 0.0588. The smallest absolute Gasteiger partial charge is 0.0349 e. The number of thiophene rings is 2. The summed E-state index contributed by atoms with van der Waals surface area (Å²) in [6.07, 6.45) is 0. The van der Waals surface area contributed by atoms with E-state index in [1.54, 1.807) is 0 Å². The lowest BCUT2D eigenvalue weighted by Gasteiger charge is -2.07. The van der Waals surface area contributed by atoms with E-state index in [2.05, 4.69) is 60.1 Å². The maximum Gasteiger partial charge on any atom is 0.0349 e. The summed E-state index contributed by atoms with van der Waals surface area (Å²) >= 11 is 3.62. The van der Waals surface area contributed by atoms with E-state index in [0.29, 0.717) is 0 Å². The van der Waals surface area contributed by atoms with Gasteiger partial charge in [-0.25, -0.2) is 0 Å². The average molecular weight is 280 g/mol. The van der Waals surface area contributed by atoms with E-state index in [1.807, 2.05) is 22.7 Å². The van der Waals surface area contributed by atoms with Crippen molar-refractivity contribution >= 4 is 42.8 Å². The molecule has 0 aliphatic rings. The molecule has 0 N–H and O–H groups in total. The van der Waals surface area contributed by atoms with E-state index in [4.69, 9.17) is 0 Å². The molecule has 0 nitrogen and oxygen atoms in total. The summed E-state index contributed by atoms with van der Waals surface area (Å²) in [6, 6.07) is 15.8. The van der Waals surface area contributed by atoms with Crippen molar-refractivity contribution < 1.29 is 0 Å². The highest BCUT2D eigenvalue weighted by Gasteiger charge is 2.06. The zero-order chi connectivity index (χ0) is 12.8. The molecule has 0 spiro atoms. The van der Waals surface area contributed by atoms with Crippen molar-refractivity contribution in [2.45, 2.75) is 6.92 Å². The average Bonchev–Trinajstić information content (AvgIpc) is 3.04. The van der Waals surface area contributed by atoms with Crippen LogP contribution in [-0.4, -0.2) is 0 Å². The van der Waals surface area contributed by atoms with Crippen molar-refractivity contribution in [3.05, 3.63) is 58.8 Å². The maximum absolute atomic E-state index is 2.32. The van der Waals surface area contributed by atoms with Gasteiger partial charge in [-0.05, 0) is 75.5 Å². The number of benzene rings is 2. The van der Waals surface area contributed by atoms with Gasteiger partial charge < -0.3 is 0 Å². The normalized spacial score (nSPS) is 11.4. The minimum Gasteiger partial charge on any atom is -0.144 e. The Balaban J connectivity index is 1.98. The lowest BCUT2D eigenvalue weighted by Crippen LogP contribution is -1.82. The van der Waals surface area contributed by atoms with Crippen LogP contribution in [0.25, 0.3) is 31.3 Å². The van der Waals surface area contributed by atoms with Crippen molar-refractivity contribution in [3.8, 4) is 11.1 Å². The molecule has 0 aliphatic carbocycles. The molecule has 0 saturated heterocycles. The van der Waals surface area contributed by atoms with Crippen molar-refractivity contribution in [2.75, 3.05) is 0 Å². The minimum absolute atomic E-state index is 1.32. The van der Waals surface area contributed by atoms with Crippen molar-refractivity contribution in [2.24, 2.45) is 0 Å². The topological polar surface area (TPSA) is 0 Å². The first kappa shape index (κ1) is 11.2. The molecule has 2 heterocycles. The molecule has 2 aromatic heterocycles. The van der Waals surface area contributed by atoms with Gasteiger partial charge in [0.1, 0.15) is 0 Å². The molecule has 19 heavy (non-hydrogen) atoms. The van der Waals surface area contributed by atoms with E-state index in [9.17, 15) is 0 Å². The first-order valence-corrected chi connectivity index (χ1v) is 8.03. The van der Waals surface area contributed by atoms with Gasteiger partial charge in [0.15, 0.2) is 0 Å². The largest absolute Gasteiger partial charge is 0.144 e. The number of hydrogen-bond donors (Lipinski definition) is 0. The zero-order valence-corrected chi connectivity index (χ0v) is 12.1. The Kier molecular flexibility index (Phi) is 2.47. The Morgan fingerprint density at radius 2 is 1.47 bits per heavy atom. The van der Waals surface area contributed by atoms with Gasteiger partial charge in [0, 0.05) is 9.40 Å². The molecule has 0 saturated carbocycles. The highest BCUT2D eigenvalue weighted by atomic mass is 32.1. The summed E-state index contributed by atoms with van der Waals surface area (Å²) in [5, 5.41) is 7.01. The van der Waals surface area contributed by atoms with Crippen LogP contribution in [0.4, 0.5) is 0 Å². The van der Waals surface area contributed by atoms with Crippen LogP contribution >= 0.6 is 22.7 Å². The van der Waals surface area contributed by atoms with Gasteiger partial charge in [-0.1, -0.05) is 12.1 Å². The van der Waals surface area contributed by atoms with Crippen LogP contribution in [0.2, 0.25) is 0 Å². The predicted octanol–water partition coefficient (Wildman–Crippen LogP) is 6.09. The second-order valence-electron chi connectivity index (χ2n) is 4.80. The van der Waals surface area contributed by atoms with E-state index < -0.39 is 0 Å². The van der Waals surface area contributed by atoms with Crippen LogP contribution in [0, 0.1) is 6.92 Å². The van der Waals surface area contributed by atoms with Crippen molar-refractivity contribution in [1.82, 2.24) is 0 Å². The van der Waals surface area contributed by atoms with E-state index in [1.165, 1.54) is 36.9 Å². The van der Waals surface area contributed by atoms with E-state index in [-0.39, 0.29) is 0 Å². The summed E-state index contributed by atoms with van der Waals surface area (Å²) in [5.41, 5.74) is 4.02. The summed E-state index contributed by atoms with van der Waals surface area (Å²) in [6.45, 7) is 2.20. The van der Waals surface area contributed by atoms with Crippen LogP contribution in [0.15, 0.2) is 53.2 Å². The van der Waals surface area contributed by atoms with E-state index >= 15 is 0 Å². The fourth-order valence-corrected chi connectivity index (χ4v) is 4.20. The molecule has 0 amide bonds. The second kappa shape index (κ2) is 4.19. The summed E-state index contributed by atoms with van der Waals surface area (Å²) in [7, 11) is 0. The molecular formula is C17H12S2. The zero-order valence-electron chi connectivity index (χ0n) is 10.5. The molecule has 4 rings (SSSR count). The first-order valence-electron chi connectivity index (χ1n) is 6.27. The fourth-order valence-electron chi connectivity index (χ4n) is 2.56. The lowest BCUT2D eigenvalue weighted by atomic mass is 9.99. The van der Waals surface area contributed by atoms with Gasteiger partial charge in [-0.2, -0.15) is 0 Å². The Labute approximate surface area is 119 Å². The molecule has 0 aliphatic heterocycles. The molecule has 2 heteroatoms. The van der Waals surface area contributed by atoms with Crippen molar-refractivity contribution in [1.29, 1.82) is 0 Å². The van der Waals surface area contributed by atoms with Gasteiger partial charge in [0.05, 0.1) is 0 Å². The quantitative estimate of drug-likeness (QED) is 0.395. The van der Waals surface area contributed by atoms with Gasteiger partial charge in [0.25, 0.3) is 0 Å². The number of hydrogen-bond acceptors (Lipinski definition) is 2. The van der Waals surface area contributed by atoms with Gasteiger partial charge in [-0.15, -0.1) is 22.7 Å². The predicted molar refractivity (Wildman–Crippen MR) is 87.4 cm³/mol. The summed E-state index contributed by atoms with van der Waals surface area (Å²) < 4.78 is 2.73. The highest BCUT2D eigenvalue weighted by molar-refractivity contribution is 7.17. The third kappa shape index (κ3) is 1.79. The summed E-state index contributed by atoms with van der Waals surface area (Å²) in [5.74, 6) is 0. The molecule has 92 valence electrons. The van der Waals surface area contributed by atoms with Crippen LogP contribution < -0.4 is 0 Å². The molecule has 0 fully saturated rings. The molecule has 0 radical (unpaired) electrons. The lowest BCUT2D eigenvalue weighted by molar-refractivity contribution is 1.50. The Hall–Kier alpha value is -1.64. The molecule has 0 atom stereocenters. The Morgan fingerprint density at radius 3 is 2.32 bits per heavy atom. The number of rotatable bonds is 1. The Bertz CT molecular complexity index is 880. The highest BCUT2D eigenvalue weighted by Crippen LogP contribution is 2.33. The third-order valence-corrected chi connectivity index (χ3v) is 5.33. The monoisotopic (exact) mass is 280 g/mol. The van der Waals surface area contributed by atoms with Gasteiger partial charge in [0.2, 0.25) is 0 Å². The SMILES string of the molecule is Cc1cc2ccsc2cc1-c1ccc2ccsc2c1. The third-order valence-electron chi connectivity index (χ3n) is 3.57. The summed E-state index contributed by atoms with van der Waals surface area (Å²) in [4.78, 5) is 0. The molecule has 4 aromatic rings. The first-order chi connectivity index (χ1) is 9.31.